The molecule has 0 bridgehead atoms. The molecule has 146 valence electrons. The molecule has 0 aliphatic carbocycles. The molecule has 1 amide bonds. The van der Waals surface area contributed by atoms with Gasteiger partial charge in [-0.25, -0.2) is 15.6 Å². The number of benzene rings is 2. The van der Waals surface area contributed by atoms with Crippen LogP contribution in [0, 0.1) is 5.92 Å². The molecule has 2 fully saturated rings. The molecule has 2 saturated heterocycles. The highest BCUT2D eigenvalue weighted by atomic mass is 16.4. The van der Waals surface area contributed by atoms with Gasteiger partial charge in [-0.2, -0.15) is 0 Å². The van der Waals surface area contributed by atoms with Crippen LogP contribution in [-0.2, 0) is 4.79 Å². The lowest BCUT2D eigenvalue weighted by atomic mass is 9.90. The number of carbonyl (C=O) groups is 2. The van der Waals surface area contributed by atoms with Crippen LogP contribution < -0.4 is 10.9 Å². The van der Waals surface area contributed by atoms with E-state index in [4.69, 9.17) is 0 Å². The van der Waals surface area contributed by atoms with Crippen molar-refractivity contribution in [3.05, 3.63) is 71.3 Å². The minimum absolute atomic E-state index is 0.0610. The Morgan fingerprint density at radius 3 is 2.50 bits per heavy atom. The normalized spacial score (nSPS) is 27.1. The smallest absolute Gasteiger partial charge is 0.335 e. The minimum atomic E-state index is -0.915. The maximum Gasteiger partial charge on any atom is 0.335 e. The van der Waals surface area contributed by atoms with Crippen LogP contribution in [0.15, 0.2) is 54.6 Å². The number of aromatic carboxylic acids is 1. The van der Waals surface area contributed by atoms with Gasteiger partial charge in [0.05, 0.1) is 11.6 Å². The number of nitrogens with zero attached hydrogens (tertiary/aromatic N) is 1. The first-order valence-electron chi connectivity index (χ1n) is 9.73. The second-order valence-electron chi connectivity index (χ2n) is 7.68. The fraction of sp³-hybridized carbons (Fsp3) is 0.364. The van der Waals surface area contributed by atoms with Gasteiger partial charge in [0.25, 0.3) is 0 Å². The van der Waals surface area contributed by atoms with Gasteiger partial charge in [-0.05, 0) is 23.6 Å². The van der Waals surface area contributed by atoms with E-state index in [2.05, 4.69) is 29.9 Å². The standard InChI is InChI=1S/C22H25N3O3/c1-14-19(15-7-3-2-4-8-15)23-24-20(14)21(26)25-12-11-16(13-25)17-9-5-6-10-18(17)22(27)28/h2-10,14,16,19-20,23-24H,11-13H2,1H3,(H,27,28). The number of rotatable bonds is 4. The Morgan fingerprint density at radius 2 is 1.75 bits per heavy atom. The summed E-state index contributed by atoms with van der Waals surface area (Å²) >= 11 is 0. The molecule has 4 atom stereocenters. The second kappa shape index (κ2) is 7.73. The van der Waals surface area contributed by atoms with Crippen molar-refractivity contribution >= 4 is 11.9 Å². The largest absolute Gasteiger partial charge is 0.478 e. The van der Waals surface area contributed by atoms with Crippen LogP contribution in [0.2, 0.25) is 0 Å². The van der Waals surface area contributed by atoms with E-state index in [1.807, 2.05) is 35.2 Å². The first-order valence-corrected chi connectivity index (χ1v) is 9.73. The molecule has 0 radical (unpaired) electrons. The van der Waals surface area contributed by atoms with Crippen LogP contribution in [0.4, 0.5) is 0 Å². The Balaban J connectivity index is 1.45. The van der Waals surface area contributed by atoms with Crippen molar-refractivity contribution in [1.29, 1.82) is 0 Å². The van der Waals surface area contributed by atoms with Gasteiger partial charge < -0.3 is 10.0 Å². The molecule has 3 N–H and O–H groups in total. The molecule has 28 heavy (non-hydrogen) atoms. The predicted octanol–water partition coefficient (Wildman–Crippen LogP) is 2.55. The summed E-state index contributed by atoms with van der Waals surface area (Å²) in [6.07, 6.45) is 0.784. The summed E-state index contributed by atoms with van der Waals surface area (Å²) in [4.78, 5) is 26.5. The van der Waals surface area contributed by atoms with Gasteiger partial charge in [-0.1, -0.05) is 55.5 Å². The van der Waals surface area contributed by atoms with Crippen molar-refractivity contribution in [2.24, 2.45) is 5.92 Å². The van der Waals surface area contributed by atoms with Crippen LogP contribution in [-0.4, -0.2) is 41.0 Å². The molecular formula is C22H25N3O3. The number of likely N-dealkylation sites (tertiary alicyclic amines) is 1. The van der Waals surface area contributed by atoms with Crippen molar-refractivity contribution < 1.29 is 14.7 Å². The van der Waals surface area contributed by atoms with E-state index < -0.39 is 5.97 Å². The van der Waals surface area contributed by atoms with Crippen molar-refractivity contribution in [3.63, 3.8) is 0 Å². The molecule has 6 heteroatoms. The summed E-state index contributed by atoms with van der Waals surface area (Å²) in [5.41, 5.74) is 8.76. The molecule has 2 aliphatic rings. The van der Waals surface area contributed by atoms with E-state index in [0.29, 0.717) is 18.7 Å². The number of amides is 1. The maximum atomic E-state index is 13.1. The third kappa shape index (κ3) is 3.41. The van der Waals surface area contributed by atoms with Crippen molar-refractivity contribution in [1.82, 2.24) is 15.8 Å². The third-order valence-electron chi connectivity index (χ3n) is 6.00. The zero-order chi connectivity index (χ0) is 19.7. The number of hydrazine groups is 1. The number of hydrogen-bond donors (Lipinski definition) is 3. The molecule has 2 heterocycles. The van der Waals surface area contributed by atoms with Gasteiger partial charge in [0, 0.05) is 24.9 Å². The van der Waals surface area contributed by atoms with E-state index in [-0.39, 0.29) is 29.8 Å². The first kappa shape index (κ1) is 18.7. The maximum absolute atomic E-state index is 13.1. The molecule has 2 aromatic carbocycles. The zero-order valence-electron chi connectivity index (χ0n) is 15.8. The van der Waals surface area contributed by atoms with Gasteiger partial charge in [0.2, 0.25) is 5.91 Å². The van der Waals surface area contributed by atoms with E-state index in [1.165, 1.54) is 0 Å². The summed E-state index contributed by atoms with van der Waals surface area (Å²) in [6.45, 7) is 3.29. The molecule has 2 aliphatic heterocycles. The SMILES string of the molecule is CC1C(C(=O)N2CCC(c3ccccc3C(=O)O)C2)NNC1c1ccccc1. The van der Waals surface area contributed by atoms with Crippen LogP contribution in [0.25, 0.3) is 0 Å². The monoisotopic (exact) mass is 379 g/mol. The van der Waals surface area contributed by atoms with Crippen molar-refractivity contribution in [2.75, 3.05) is 13.1 Å². The van der Waals surface area contributed by atoms with Gasteiger partial charge in [0.1, 0.15) is 6.04 Å². The Labute approximate surface area is 164 Å². The zero-order valence-corrected chi connectivity index (χ0v) is 15.8. The Bertz CT molecular complexity index is 870. The summed E-state index contributed by atoms with van der Waals surface area (Å²) in [5.74, 6) is -0.666. The topological polar surface area (TPSA) is 81.7 Å². The number of carboxylic acids is 1. The van der Waals surface area contributed by atoms with E-state index in [1.54, 1.807) is 12.1 Å². The van der Waals surface area contributed by atoms with Gasteiger partial charge in [-0.3, -0.25) is 4.79 Å². The number of carboxylic acid groups (broad SMARTS) is 1. The third-order valence-corrected chi connectivity index (χ3v) is 6.00. The molecule has 4 rings (SSSR count). The average molecular weight is 379 g/mol. The highest BCUT2D eigenvalue weighted by molar-refractivity contribution is 5.89. The summed E-state index contributed by atoms with van der Waals surface area (Å²) in [5, 5.41) is 9.45. The van der Waals surface area contributed by atoms with Gasteiger partial charge in [-0.15, -0.1) is 0 Å². The summed E-state index contributed by atoms with van der Waals surface area (Å²) in [6, 6.07) is 17.0. The fourth-order valence-corrected chi connectivity index (χ4v) is 4.43. The van der Waals surface area contributed by atoms with Crippen LogP contribution >= 0.6 is 0 Å². The molecule has 0 saturated carbocycles. The van der Waals surface area contributed by atoms with E-state index in [9.17, 15) is 14.7 Å². The molecule has 0 aromatic heterocycles. The Hall–Kier alpha value is -2.70. The number of nitrogens with one attached hydrogen (secondary N) is 2. The van der Waals surface area contributed by atoms with Crippen molar-refractivity contribution in [2.45, 2.75) is 31.3 Å². The van der Waals surface area contributed by atoms with Gasteiger partial charge in [0.15, 0.2) is 0 Å². The van der Waals surface area contributed by atoms with Crippen molar-refractivity contribution in [3.8, 4) is 0 Å². The van der Waals surface area contributed by atoms with Crippen LogP contribution in [0.3, 0.4) is 0 Å². The van der Waals surface area contributed by atoms with Crippen LogP contribution in [0.5, 0.6) is 0 Å². The minimum Gasteiger partial charge on any atom is -0.478 e. The van der Waals surface area contributed by atoms with E-state index in [0.717, 1.165) is 17.5 Å². The number of hydrogen-bond acceptors (Lipinski definition) is 4. The van der Waals surface area contributed by atoms with Gasteiger partial charge >= 0.3 is 5.97 Å². The molecule has 4 unspecified atom stereocenters. The predicted molar refractivity (Wildman–Crippen MR) is 106 cm³/mol. The lowest BCUT2D eigenvalue weighted by molar-refractivity contribution is -0.133. The quantitative estimate of drug-likeness (QED) is 0.761. The highest BCUT2D eigenvalue weighted by Gasteiger charge is 2.41. The highest BCUT2D eigenvalue weighted by Crippen LogP contribution is 2.33. The molecule has 2 aromatic rings. The second-order valence-corrected chi connectivity index (χ2v) is 7.68. The summed E-state index contributed by atoms with van der Waals surface area (Å²) in [7, 11) is 0. The average Bonchev–Trinajstić information content (AvgIpc) is 3.35. The van der Waals surface area contributed by atoms with Crippen LogP contribution in [0.1, 0.15) is 46.8 Å². The summed E-state index contributed by atoms with van der Waals surface area (Å²) < 4.78 is 0. The Morgan fingerprint density at radius 1 is 1.04 bits per heavy atom. The Kier molecular flexibility index (Phi) is 5.15. The molecule has 6 nitrogen and oxygen atoms in total. The van der Waals surface area contributed by atoms with E-state index >= 15 is 0 Å². The lowest BCUT2D eigenvalue weighted by Gasteiger charge is -2.24. The first-order chi connectivity index (χ1) is 13.6. The molecule has 0 spiro atoms. The fourth-order valence-electron chi connectivity index (χ4n) is 4.43. The lowest BCUT2D eigenvalue weighted by Crippen LogP contribution is -2.46. The molecular weight excluding hydrogens is 354 g/mol. The number of carbonyl (C=O) groups excluding carboxylic acids is 1.